The molecule has 0 fully saturated rings. The van der Waals surface area contributed by atoms with Crippen LogP contribution in [0.25, 0.3) is 10.9 Å². The third kappa shape index (κ3) is 3.20. The Hall–Kier alpha value is -0.600. The van der Waals surface area contributed by atoms with Crippen molar-refractivity contribution in [3.63, 3.8) is 0 Å². The summed E-state index contributed by atoms with van der Waals surface area (Å²) < 4.78 is 0.982. The SMILES string of the molecule is I.N[C@@H](Cc1c[nH]c2cc(Br)ccc12)C(=O)O. The van der Waals surface area contributed by atoms with Gasteiger partial charge in [-0.05, 0) is 17.7 Å². The zero-order valence-corrected chi connectivity index (χ0v) is 12.7. The van der Waals surface area contributed by atoms with E-state index in [-0.39, 0.29) is 24.0 Å². The molecular formula is C11H12BrIN2O2. The first-order chi connectivity index (χ1) is 7.58. The molecule has 4 nitrogen and oxygen atoms in total. The highest BCUT2D eigenvalue weighted by atomic mass is 127. The van der Waals surface area contributed by atoms with E-state index in [2.05, 4.69) is 20.9 Å². The van der Waals surface area contributed by atoms with Gasteiger partial charge in [-0.3, -0.25) is 4.79 Å². The summed E-state index contributed by atoms with van der Waals surface area (Å²) in [5, 5.41) is 9.77. The second kappa shape index (κ2) is 5.83. The maximum atomic E-state index is 10.7. The molecule has 2 aromatic rings. The Kier molecular flexibility index (Phi) is 4.96. The Morgan fingerprint density at radius 2 is 2.24 bits per heavy atom. The van der Waals surface area contributed by atoms with Crippen molar-refractivity contribution in [2.45, 2.75) is 12.5 Å². The van der Waals surface area contributed by atoms with Crippen LogP contribution in [0.4, 0.5) is 0 Å². The number of fused-ring (bicyclic) bond motifs is 1. The quantitative estimate of drug-likeness (QED) is 0.680. The van der Waals surface area contributed by atoms with Crippen LogP contribution >= 0.6 is 39.9 Å². The second-order valence-corrected chi connectivity index (χ2v) is 4.57. The third-order valence-electron chi connectivity index (χ3n) is 2.49. The number of hydrogen-bond donors (Lipinski definition) is 3. The number of rotatable bonds is 3. The molecule has 2 rings (SSSR count). The molecule has 0 spiro atoms. The van der Waals surface area contributed by atoms with E-state index in [4.69, 9.17) is 10.8 Å². The molecule has 0 radical (unpaired) electrons. The Balaban J connectivity index is 0.00000144. The van der Waals surface area contributed by atoms with E-state index in [1.165, 1.54) is 0 Å². The van der Waals surface area contributed by atoms with Gasteiger partial charge in [0.25, 0.3) is 0 Å². The zero-order valence-electron chi connectivity index (χ0n) is 8.81. The van der Waals surface area contributed by atoms with Gasteiger partial charge < -0.3 is 15.8 Å². The molecule has 0 saturated carbocycles. The summed E-state index contributed by atoms with van der Waals surface area (Å²) in [6.45, 7) is 0. The van der Waals surface area contributed by atoms with Gasteiger partial charge in [-0.15, -0.1) is 24.0 Å². The summed E-state index contributed by atoms with van der Waals surface area (Å²) in [7, 11) is 0. The lowest BCUT2D eigenvalue weighted by molar-refractivity contribution is -0.138. The van der Waals surface area contributed by atoms with Gasteiger partial charge in [0.2, 0.25) is 0 Å². The number of H-pyrrole nitrogens is 1. The topological polar surface area (TPSA) is 79.1 Å². The molecule has 0 aliphatic heterocycles. The smallest absolute Gasteiger partial charge is 0.320 e. The van der Waals surface area contributed by atoms with E-state index < -0.39 is 12.0 Å². The van der Waals surface area contributed by atoms with E-state index in [0.29, 0.717) is 6.42 Å². The maximum Gasteiger partial charge on any atom is 0.320 e. The van der Waals surface area contributed by atoms with Gasteiger partial charge in [-0.2, -0.15) is 0 Å². The van der Waals surface area contributed by atoms with Crippen molar-refractivity contribution in [3.05, 3.63) is 34.4 Å². The molecule has 0 bridgehead atoms. The van der Waals surface area contributed by atoms with Crippen LogP contribution in [0.5, 0.6) is 0 Å². The number of aromatic amines is 1. The minimum absolute atomic E-state index is 0. The largest absolute Gasteiger partial charge is 0.480 e. The minimum Gasteiger partial charge on any atom is -0.480 e. The minimum atomic E-state index is -0.980. The average molecular weight is 411 g/mol. The molecule has 0 unspecified atom stereocenters. The summed E-state index contributed by atoms with van der Waals surface area (Å²) in [5.74, 6) is -0.980. The van der Waals surface area contributed by atoms with Gasteiger partial charge in [-0.1, -0.05) is 22.0 Å². The summed E-state index contributed by atoms with van der Waals surface area (Å²) in [5.41, 5.74) is 7.41. The first kappa shape index (κ1) is 14.5. The predicted molar refractivity (Wildman–Crippen MR) is 80.7 cm³/mol. The van der Waals surface area contributed by atoms with E-state index in [9.17, 15) is 4.79 Å². The second-order valence-electron chi connectivity index (χ2n) is 3.65. The number of aliphatic carboxylic acids is 1. The fraction of sp³-hybridized carbons (Fsp3) is 0.182. The fourth-order valence-corrected chi connectivity index (χ4v) is 2.01. The van der Waals surface area contributed by atoms with Crippen molar-refractivity contribution in [2.24, 2.45) is 5.73 Å². The van der Waals surface area contributed by atoms with Gasteiger partial charge in [0.15, 0.2) is 0 Å². The van der Waals surface area contributed by atoms with E-state index in [0.717, 1.165) is 20.9 Å². The molecule has 92 valence electrons. The number of carbonyl (C=O) groups is 1. The molecular weight excluding hydrogens is 399 g/mol. The van der Waals surface area contributed by atoms with Gasteiger partial charge in [0.05, 0.1) is 0 Å². The molecule has 0 amide bonds. The summed E-state index contributed by atoms with van der Waals surface area (Å²) in [4.78, 5) is 13.8. The molecule has 6 heteroatoms. The van der Waals surface area contributed by atoms with E-state index >= 15 is 0 Å². The first-order valence-corrected chi connectivity index (χ1v) is 5.61. The van der Waals surface area contributed by atoms with Crippen molar-refractivity contribution in [1.29, 1.82) is 0 Å². The number of benzene rings is 1. The molecule has 1 heterocycles. The summed E-state index contributed by atoms with van der Waals surface area (Å²) in [6, 6.07) is 4.96. The number of nitrogens with two attached hydrogens (primary N) is 1. The van der Waals surface area contributed by atoms with Crippen LogP contribution in [-0.4, -0.2) is 22.1 Å². The normalized spacial score (nSPS) is 12.1. The van der Waals surface area contributed by atoms with Crippen molar-refractivity contribution < 1.29 is 9.90 Å². The molecule has 1 atom stereocenters. The van der Waals surface area contributed by atoms with Crippen LogP contribution in [0, 0.1) is 0 Å². The maximum absolute atomic E-state index is 10.7. The lowest BCUT2D eigenvalue weighted by atomic mass is 10.1. The average Bonchev–Trinajstić information content (AvgIpc) is 2.60. The number of hydrogen-bond acceptors (Lipinski definition) is 2. The lowest BCUT2D eigenvalue weighted by Crippen LogP contribution is -2.32. The number of carboxylic acids is 1. The number of nitrogens with one attached hydrogen (secondary N) is 1. The highest BCUT2D eigenvalue weighted by molar-refractivity contribution is 14.0. The van der Waals surface area contributed by atoms with Crippen molar-refractivity contribution in [3.8, 4) is 0 Å². The van der Waals surface area contributed by atoms with E-state index in [1.54, 1.807) is 6.20 Å². The molecule has 0 aliphatic carbocycles. The van der Waals surface area contributed by atoms with Gasteiger partial charge in [0.1, 0.15) is 6.04 Å². The lowest BCUT2D eigenvalue weighted by Gasteiger charge is -2.04. The predicted octanol–water partition coefficient (Wildman–Crippen LogP) is 2.50. The molecule has 4 N–H and O–H groups in total. The molecule has 0 aliphatic rings. The van der Waals surface area contributed by atoms with Crippen LogP contribution in [-0.2, 0) is 11.2 Å². The van der Waals surface area contributed by atoms with Crippen molar-refractivity contribution >= 4 is 56.8 Å². The van der Waals surface area contributed by atoms with Crippen LogP contribution in [0.2, 0.25) is 0 Å². The van der Waals surface area contributed by atoms with Gasteiger partial charge in [0, 0.05) is 28.0 Å². The fourth-order valence-electron chi connectivity index (χ4n) is 1.65. The first-order valence-electron chi connectivity index (χ1n) is 4.82. The summed E-state index contributed by atoms with van der Waals surface area (Å²) >= 11 is 3.38. The Morgan fingerprint density at radius 3 is 2.88 bits per heavy atom. The Morgan fingerprint density at radius 1 is 1.53 bits per heavy atom. The Labute approximate surface area is 124 Å². The third-order valence-corrected chi connectivity index (χ3v) is 2.98. The van der Waals surface area contributed by atoms with Crippen LogP contribution in [0.3, 0.4) is 0 Å². The van der Waals surface area contributed by atoms with Crippen LogP contribution < -0.4 is 5.73 Å². The highest BCUT2D eigenvalue weighted by Crippen LogP contribution is 2.23. The Bertz CT molecular complexity index is 541. The monoisotopic (exact) mass is 410 g/mol. The molecule has 0 saturated heterocycles. The van der Waals surface area contributed by atoms with Crippen LogP contribution in [0.1, 0.15) is 5.56 Å². The standard InChI is InChI=1S/C11H11BrN2O2.HI/c12-7-1-2-8-6(3-9(13)11(15)16)5-14-10(8)4-7;/h1-2,4-5,9,14H,3,13H2,(H,15,16);1H/t9-;/m0./s1. The highest BCUT2D eigenvalue weighted by Gasteiger charge is 2.14. The van der Waals surface area contributed by atoms with Gasteiger partial charge in [-0.25, -0.2) is 0 Å². The van der Waals surface area contributed by atoms with Gasteiger partial charge >= 0.3 is 5.97 Å². The van der Waals surface area contributed by atoms with Crippen LogP contribution in [0.15, 0.2) is 28.9 Å². The molecule has 1 aromatic heterocycles. The molecule has 1 aromatic carbocycles. The number of halogens is 2. The van der Waals surface area contributed by atoms with E-state index in [1.807, 2.05) is 18.2 Å². The molecule has 17 heavy (non-hydrogen) atoms. The van der Waals surface area contributed by atoms with Crippen molar-refractivity contribution in [1.82, 2.24) is 4.98 Å². The van der Waals surface area contributed by atoms with Crippen molar-refractivity contribution in [2.75, 3.05) is 0 Å². The zero-order chi connectivity index (χ0) is 11.7. The number of carboxylic acid groups (broad SMARTS) is 1. The summed E-state index contributed by atoms with van der Waals surface area (Å²) in [6.07, 6.45) is 2.14. The number of aromatic nitrogens is 1.